The number of carbonyl (C=O) groups is 1. The zero-order valence-corrected chi connectivity index (χ0v) is 17.9. The molecule has 4 N–H and O–H groups in total. The van der Waals surface area contributed by atoms with Crippen molar-refractivity contribution in [2.45, 2.75) is 62.2 Å². The number of aryl methyl sites for hydroxylation is 2. The summed E-state index contributed by atoms with van der Waals surface area (Å²) in [5.41, 5.74) is 3.20. The summed E-state index contributed by atoms with van der Waals surface area (Å²) < 4.78 is 30.7. The number of nitrogens with two attached hydrogens (primary N) is 1. The van der Waals surface area contributed by atoms with Crippen LogP contribution in [-0.2, 0) is 41.2 Å². The Bertz CT molecular complexity index is 1100. The minimum Gasteiger partial charge on any atom is -0.386 e. The molecule has 2 aliphatic rings. The van der Waals surface area contributed by atoms with Crippen LogP contribution in [0.3, 0.4) is 0 Å². The van der Waals surface area contributed by atoms with E-state index in [-0.39, 0.29) is 9.77 Å². The molecule has 0 unspecified atom stereocenters. The van der Waals surface area contributed by atoms with Crippen LogP contribution in [0, 0.1) is 5.82 Å². The van der Waals surface area contributed by atoms with Crippen LogP contribution >= 0.6 is 11.3 Å². The van der Waals surface area contributed by atoms with E-state index in [1.165, 1.54) is 19.2 Å². The lowest BCUT2D eigenvalue weighted by Crippen LogP contribution is -2.20. The lowest BCUT2D eigenvalue weighted by molar-refractivity contribution is 0.0748. The first kappa shape index (κ1) is 20.4. The van der Waals surface area contributed by atoms with Crippen LogP contribution < -0.4 is 10.5 Å². The molecule has 0 bridgehead atoms. The van der Waals surface area contributed by atoms with Gasteiger partial charge < -0.3 is 10.4 Å². The van der Waals surface area contributed by atoms with Crippen LogP contribution in [0.1, 0.15) is 54.8 Å². The minimum absolute atomic E-state index is 0.0314. The van der Waals surface area contributed by atoms with E-state index in [1.54, 1.807) is 0 Å². The minimum atomic E-state index is -3.80. The highest BCUT2D eigenvalue weighted by atomic mass is 32.2. The van der Waals surface area contributed by atoms with Crippen LogP contribution in [0.4, 0.5) is 14.9 Å². The van der Waals surface area contributed by atoms with E-state index in [0.717, 1.165) is 72.4 Å². The molecule has 156 valence electrons. The number of hydrogen-bond acceptors (Lipinski definition) is 5. The number of pyridine rings is 1. The molecule has 0 aliphatic heterocycles. The van der Waals surface area contributed by atoms with E-state index in [2.05, 4.69) is 9.68 Å². The van der Waals surface area contributed by atoms with Gasteiger partial charge in [0.25, 0.3) is 0 Å². The number of aromatic nitrogens is 1. The van der Waals surface area contributed by atoms with Gasteiger partial charge in [0.15, 0.2) is 19.9 Å². The van der Waals surface area contributed by atoms with E-state index in [4.69, 9.17) is 10.1 Å². The number of nitrogens with zero attached hydrogens (tertiary/aromatic N) is 2. The number of halogens is 1. The number of amides is 2. The van der Waals surface area contributed by atoms with Crippen molar-refractivity contribution in [3.8, 4) is 0 Å². The summed E-state index contributed by atoms with van der Waals surface area (Å²) >= 11 is 0.779. The average Bonchev–Trinajstić information content (AvgIpc) is 3.31. The van der Waals surface area contributed by atoms with Gasteiger partial charge in [-0.05, 0) is 63.5 Å². The normalized spacial score (nSPS) is 17.6. The number of urea groups is 1. The quantitative estimate of drug-likeness (QED) is 0.680. The second-order valence-electron chi connectivity index (χ2n) is 7.94. The number of aliphatic hydroxyl groups is 1. The van der Waals surface area contributed by atoms with E-state index >= 15 is 0 Å². The first-order chi connectivity index (χ1) is 13.6. The van der Waals surface area contributed by atoms with Gasteiger partial charge >= 0.3 is 6.03 Å². The fourth-order valence-electron chi connectivity index (χ4n) is 3.97. The Hall–Kier alpha value is -1.88. The molecule has 2 amide bonds. The third-order valence-corrected chi connectivity index (χ3v) is 8.23. The van der Waals surface area contributed by atoms with Crippen LogP contribution in [0.2, 0.25) is 0 Å². The SMILES string of the molecule is CC(C)(O)c1csc([S@@](N)(=O)=NC(=O)Nc2c3c(nc4c2CCC4)CCC3)c1F. The maximum absolute atomic E-state index is 14.7. The largest absolute Gasteiger partial charge is 0.386 e. The highest BCUT2D eigenvalue weighted by Gasteiger charge is 2.30. The highest BCUT2D eigenvalue weighted by Crippen LogP contribution is 2.37. The first-order valence-electron chi connectivity index (χ1n) is 9.47. The van der Waals surface area contributed by atoms with E-state index in [0.29, 0.717) is 5.69 Å². The van der Waals surface area contributed by atoms with Gasteiger partial charge in [0, 0.05) is 22.3 Å². The number of thiophene rings is 1. The summed E-state index contributed by atoms with van der Waals surface area (Å²) in [5, 5.41) is 19.9. The first-order valence-corrected chi connectivity index (χ1v) is 11.9. The number of nitrogens with one attached hydrogen (secondary N) is 1. The number of rotatable bonds is 3. The van der Waals surface area contributed by atoms with Crippen molar-refractivity contribution in [2.75, 3.05) is 5.32 Å². The molecule has 4 rings (SSSR count). The van der Waals surface area contributed by atoms with E-state index in [9.17, 15) is 18.5 Å². The lowest BCUT2D eigenvalue weighted by atomic mass is 10.0. The Labute approximate surface area is 172 Å². The second kappa shape index (κ2) is 7.12. The van der Waals surface area contributed by atoms with Crippen molar-refractivity contribution in [1.82, 2.24) is 4.98 Å². The van der Waals surface area contributed by atoms with Crippen molar-refractivity contribution in [3.63, 3.8) is 0 Å². The summed E-state index contributed by atoms with van der Waals surface area (Å²) in [6.07, 6.45) is 5.32. The summed E-state index contributed by atoms with van der Waals surface area (Å²) in [6.45, 7) is 2.82. The Morgan fingerprint density at radius 1 is 1.28 bits per heavy atom. The molecular weight excluding hydrogens is 415 g/mol. The Morgan fingerprint density at radius 2 is 1.86 bits per heavy atom. The number of fused-ring (bicyclic) bond motifs is 2. The predicted molar refractivity (Wildman–Crippen MR) is 110 cm³/mol. The second-order valence-corrected chi connectivity index (χ2v) is 10.8. The van der Waals surface area contributed by atoms with Gasteiger partial charge in [-0.1, -0.05) is 0 Å². The molecule has 2 heterocycles. The molecule has 29 heavy (non-hydrogen) atoms. The van der Waals surface area contributed by atoms with Gasteiger partial charge in [0.1, 0.15) is 0 Å². The van der Waals surface area contributed by atoms with Crippen molar-refractivity contribution in [2.24, 2.45) is 9.50 Å². The molecule has 0 fully saturated rings. The molecule has 7 nitrogen and oxygen atoms in total. The summed E-state index contributed by atoms with van der Waals surface area (Å²) in [7, 11) is -3.80. The molecule has 0 saturated heterocycles. The van der Waals surface area contributed by atoms with Crippen molar-refractivity contribution in [3.05, 3.63) is 39.3 Å². The molecule has 0 saturated carbocycles. The molecule has 10 heteroatoms. The van der Waals surface area contributed by atoms with Crippen molar-refractivity contribution >= 4 is 33.0 Å². The topological polar surface area (TPSA) is 118 Å². The Balaban J connectivity index is 1.68. The fourth-order valence-corrected chi connectivity index (χ4v) is 6.35. The maximum Gasteiger partial charge on any atom is 0.354 e. The third-order valence-electron chi connectivity index (χ3n) is 5.33. The average molecular weight is 439 g/mol. The molecule has 0 spiro atoms. The Morgan fingerprint density at radius 3 is 2.38 bits per heavy atom. The predicted octanol–water partition coefficient (Wildman–Crippen LogP) is 3.42. The summed E-state index contributed by atoms with van der Waals surface area (Å²) in [6, 6.07) is -0.871. The van der Waals surface area contributed by atoms with Crippen LogP contribution in [0.5, 0.6) is 0 Å². The summed E-state index contributed by atoms with van der Waals surface area (Å²) in [5.74, 6) is -0.891. The smallest absolute Gasteiger partial charge is 0.354 e. The van der Waals surface area contributed by atoms with Crippen molar-refractivity contribution < 1.29 is 18.5 Å². The lowest BCUT2D eigenvalue weighted by Gasteiger charge is -2.15. The van der Waals surface area contributed by atoms with Gasteiger partial charge in [-0.15, -0.1) is 15.7 Å². The zero-order chi connectivity index (χ0) is 21.0. The van der Waals surface area contributed by atoms with Gasteiger partial charge in [-0.2, -0.15) is 0 Å². The summed E-state index contributed by atoms with van der Waals surface area (Å²) in [4.78, 5) is 17.3. The standard InChI is InChI=1S/C19H23FN4O3S2/c1-19(2,26)12-9-28-17(15(12)20)29(21,27)24-18(25)23-16-10-5-3-7-13(10)22-14-8-4-6-11(14)16/h9,26H,3-8H2,1-2H3,(H3,21,22,23,24,25,27)/t29-/m0/s1. The number of carbonyl (C=O) groups excluding carboxylic acids is 1. The van der Waals surface area contributed by atoms with Gasteiger partial charge in [-0.25, -0.2) is 18.5 Å². The van der Waals surface area contributed by atoms with Gasteiger partial charge in [0.05, 0.1) is 11.3 Å². The molecule has 2 aromatic heterocycles. The van der Waals surface area contributed by atoms with Crippen LogP contribution in [-0.4, -0.2) is 20.3 Å². The molecular formula is C19H23FN4O3S2. The fraction of sp³-hybridized carbons (Fsp3) is 0.474. The third kappa shape index (κ3) is 3.70. The molecule has 0 radical (unpaired) electrons. The van der Waals surface area contributed by atoms with Crippen LogP contribution in [0.15, 0.2) is 14.0 Å². The van der Waals surface area contributed by atoms with E-state index in [1.807, 2.05) is 0 Å². The highest BCUT2D eigenvalue weighted by molar-refractivity contribution is 7.93. The Kier molecular flexibility index (Phi) is 5.01. The van der Waals surface area contributed by atoms with E-state index < -0.39 is 27.4 Å². The monoisotopic (exact) mass is 438 g/mol. The van der Waals surface area contributed by atoms with Gasteiger partial charge in [0.2, 0.25) is 0 Å². The molecule has 2 aliphatic carbocycles. The molecule has 0 aromatic carbocycles. The molecule has 2 aromatic rings. The number of anilines is 1. The zero-order valence-electron chi connectivity index (χ0n) is 16.2. The maximum atomic E-state index is 14.7. The number of hydrogen-bond donors (Lipinski definition) is 3. The van der Waals surface area contributed by atoms with Gasteiger partial charge in [-0.3, -0.25) is 4.98 Å². The van der Waals surface area contributed by atoms with Crippen molar-refractivity contribution in [1.29, 1.82) is 0 Å². The molecule has 1 atom stereocenters. The van der Waals surface area contributed by atoms with Crippen LogP contribution in [0.25, 0.3) is 0 Å².